The first-order valence-electron chi connectivity index (χ1n) is 5.69. The van der Waals surface area contributed by atoms with Crippen LogP contribution in [-0.4, -0.2) is 42.0 Å². The fourth-order valence-corrected chi connectivity index (χ4v) is 1.89. The SMILES string of the molecule is CCN(CC(C)C)C(=O)N1CCCC1. The Kier molecular flexibility index (Phi) is 4.23. The summed E-state index contributed by atoms with van der Waals surface area (Å²) in [6.07, 6.45) is 2.34. The molecule has 0 unspecified atom stereocenters. The largest absolute Gasteiger partial charge is 0.325 e. The Morgan fingerprint density at radius 1 is 1.36 bits per heavy atom. The van der Waals surface area contributed by atoms with Crippen molar-refractivity contribution in [2.75, 3.05) is 26.2 Å². The van der Waals surface area contributed by atoms with Crippen LogP contribution in [0.5, 0.6) is 0 Å². The molecule has 82 valence electrons. The summed E-state index contributed by atoms with van der Waals surface area (Å²) >= 11 is 0. The van der Waals surface area contributed by atoms with Gasteiger partial charge in [0, 0.05) is 26.2 Å². The lowest BCUT2D eigenvalue weighted by molar-refractivity contribution is 0.159. The average Bonchev–Trinajstić information content (AvgIpc) is 2.65. The van der Waals surface area contributed by atoms with Gasteiger partial charge in [-0.15, -0.1) is 0 Å². The molecular formula is C11H22N2O. The van der Waals surface area contributed by atoms with E-state index in [4.69, 9.17) is 0 Å². The average molecular weight is 198 g/mol. The normalized spacial score (nSPS) is 16.4. The number of carbonyl (C=O) groups excluding carboxylic acids is 1. The number of urea groups is 1. The van der Waals surface area contributed by atoms with Crippen molar-refractivity contribution >= 4 is 6.03 Å². The fourth-order valence-electron chi connectivity index (χ4n) is 1.89. The van der Waals surface area contributed by atoms with E-state index in [2.05, 4.69) is 20.8 Å². The van der Waals surface area contributed by atoms with E-state index in [0.29, 0.717) is 5.92 Å². The molecule has 14 heavy (non-hydrogen) atoms. The van der Waals surface area contributed by atoms with Crippen LogP contribution < -0.4 is 0 Å². The third kappa shape index (κ3) is 2.89. The Morgan fingerprint density at radius 3 is 2.36 bits per heavy atom. The molecule has 1 fully saturated rings. The first-order valence-corrected chi connectivity index (χ1v) is 5.69. The van der Waals surface area contributed by atoms with Crippen molar-refractivity contribution in [2.24, 2.45) is 5.92 Å². The molecule has 2 amide bonds. The number of hydrogen-bond acceptors (Lipinski definition) is 1. The van der Waals surface area contributed by atoms with Gasteiger partial charge in [0.1, 0.15) is 0 Å². The topological polar surface area (TPSA) is 23.6 Å². The fraction of sp³-hybridized carbons (Fsp3) is 0.909. The van der Waals surface area contributed by atoms with E-state index >= 15 is 0 Å². The molecule has 0 radical (unpaired) electrons. The maximum atomic E-state index is 12.0. The van der Waals surface area contributed by atoms with E-state index in [1.807, 2.05) is 9.80 Å². The summed E-state index contributed by atoms with van der Waals surface area (Å²) in [6, 6.07) is 0.235. The van der Waals surface area contributed by atoms with Gasteiger partial charge in [-0.05, 0) is 25.7 Å². The summed E-state index contributed by atoms with van der Waals surface area (Å²) in [5.74, 6) is 0.557. The molecule has 1 aliphatic rings. The Labute approximate surface area is 87.1 Å². The zero-order chi connectivity index (χ0) is 10.6. The van der Waals surface area contributed by atoms with Gasteiger partial charge in [-0.3, -0.25) is 0 Å². The van der Waals surface area contributed by atoms with E-state index < -0.39 is 0 Å². The lowest BCUT2D eigenvalue weighted by Gasteiger charge is -2.28. The molecular weight excluding hydrogens is 176 g/mol. The van der Waals surface area contributed by atoms with E-state index in [1.165, 1.54) is 12.8 Å². The predicted octanol–water partition coefficient (Wildman–Crippen LogP) is 2.18. The van der Waals surface area contributed by atoms with Gasteiger partial charge < -0.3 is 9.80 Å². The third-order valence-corrected chi connectivity index (χ3v) is 2.61. The molecule has 0 bridgehead atoms. The van der Waals surface area contributed by atoms with Crippen molar-refractivity contribution < 1.29 is 4.79 Å². The Hall–Kier alpha value is -0.730. The molecule has 0 atom stereocenters. The molecule has 1 aliphatic heterocycles. The van der Waals surface area contributed by atoms with E-state index in [9.17, 15) is 4.79 Å². The Balaban J connectivity index is 2.46. The summed E-state index contributed by atoms with van der Waals surface area (Å²) in [7, 11) is 0. The molecule has 0 aromatic rings. The second-order valence-corrected chi connectivity index (χ2v) is 4.41. The van der Waals surface area contributed by atoms with Gasteiger partial charge in [0.25, 0.3) is 0 Å². The molecule has 0 aromatic carbocycles. The molecule has 1 rings (SSSR count). The summed E-state index contributed by atoms with van der Waals surface area (Å²) in [5.41, 5.74) is 0. The Bertz CT molecular complexity index is 186. The molecule has 3 heteroatoms. The first-order chi connectivity index (χ1) is 6.65. The molecule has 1 saturated heterocycles. The van der Waals surface area contributed by atoms with Gasteiger partial charge in [0.15, 0.2) is 0 Å². The van der Waals surface area contributed by atoms with Crippen LogP contribution in [0.25, 0.3) is 0 Å². The van der Waals surface area contributed by atoms with Gasteiger partial charge in [-0.2, -0.15) is 0 Å². The van der Waals surface area contributed by atoms with E-state index in [-0.39, 0.29) is 6.03 Å². The molecule has 1 heterocycles. The zero-order valence-electron chi connectivity index (χ0n) is 9.62. The minimum atomic E-state index is 0.235. The molecule has 0 spiro atoms. The molecule has 0 aliphatic carbocycles. The van der Waals surface area contributed by atoms with Crippen LogP contribution in [0, 0.1) is 5.92 Å². The van der Waals surface area contributed by atoms with Crippen LogP contribution in [0.1, 0.15) is 33.6 Å². The maximum Gasteiger partial charge on any atom is 0.319 e. The Morgan fingerprint density at radius 2 is 1.93 bits per heavy atom. The molecule has 0 aromatic heterocycles. The van der Waals surface area contributed by atoms with Gasteiger partial charge in [-0.25, -0.2) is 4.79 Å². The summed E-state index contributed by atoms with van der Waals surface area (Å²) in [4.78, 5) is 15.9. The highest BCUT2D eigenvalue weighted by molar-refractivity contribution is 5.74. The van der Waals surface area contributed by atoms with E-state index in [0.717, 1.165) is 26.2 Å². The van der Waals surface area contributed by atoms with Gasteiger partial charge in [0.05, 0.1) is 0 Å². The monoisotopic (exact) mass is 198 g/mol. The van der Waals surface area contributed by atoms with Crippen molar-refractivity contribution in [3.8, 4) is 0 Å². The van der Waals surface area contributed by atoms with Gasteiger partial charge in [0.2, 0.25) is 0 Å². The van der Waals surface area contributed by atoms with Gasteiger partial charge in [-0.1, -0.05) is 13.8 Å². The van der Waals surface area contributed by atoms with Crippen LogP contribution in [0.4, 0.5) is 4.79 Å². The lowest BCUT2D eigenvalue weighted by atomic mass is 10.2. The van der Waals surface area contributed by atoms with Crippen molar-refractivity contribution in [2.45, 2.75) is 33.6 Å². The molecule has 3 nitrogen and oxygen atoms in total. The molecule has 0 saturated carbocycles. The summed E-state index contributed by atoms with van der Waals surface area (Å²) in [6.45, 7) is 9.97. The van der Waals surface area contributed by atoms with Crippen molar-refractivity contribution in [3.63, 3.8) is 0 Å². The second kappa shape index (κ2) is 5.23. The van der Waals surface area contributed by atoms with Crippen molar-refractivity contribution in [1.29, 1.82) is 0 Å². The van der Waals surface area contributed by atoms with Crippen LogP contribution >= 0.6 is 0 Å². The number of amides is 2. The van der Waals surface area contributed by atoms with E-state index in [1.54, 1.807) is 0 Å². The number of rotatable bonds is 3. The minimum absolute atomic E-state index is 0.235. The number of nitrogens with zero attached hydrogens (tertiary/aromatic N) is 2. The van der Waals surface area contributed by atoms with Crippen LogP contribution in [0.2, 0.25) is 0 Å². The van der Waals surface area contributed by atoms with Crippen molar-refractivity contribution in [1.82, 2.24) is 9.80 Å². The van der Waals surface area contributed by atoms with Crippen LogP contribution in [0.3, 0.4) is 0 Å². The predicted molar refractivity (Wildman–Crippen MR) is 58.3 cm³/mol. The smallest absolute Gasteiger partial charge is 0.319 e. The number of carbonyl (C=O) groups is 1. The summed E-state index contributed by atoms with van der Waals surface area (Å²) < 4.78 is 0. The maximum absolute atomic E-state index is 12.0. The summed E-state index contributed by atoms with van der Waals surface area (Å²) in [5, 5.41) is 0. The van der Waals surface area contributed by atoms with Gasteiger partial charge >= 0.3 is 6.03 Å². The zero-order valence-corrected chi connectivity index (χ0v) is 9.62. The first kappa shape index (κ1) is 11.3. The lowest BCUT2D eigenvalue weighted by Crippen LogP contribution is -2.43. The standard InChI is InChI=1S/C11H22N2O/c1-4-12(9-10(2)3)11(14)13-7-5-6-8-13/h10H,4-9H2,1-3H3. The highest BCUT2D eigenvalue weighted by atomic mass is 16.2. The number of likely N-dealkylation sites (tertiary alicyclic amines) is 1. The third-order valence-electron chi connectivity index (χ3n) is 2.61. The second-order valence-electron chi connectivity index (χ2n) is 4.41. The van der Waals surface area contributed by atoms with Crippen molar-refractivity contribution in [3.05, 3.63) is 0 Å². The molecule has 0 N–H and O–H groups in total. The van der Waals surface area contributed by atoms with Crippen LogP contribution in [-0.2, 0) is 0 Å². The minimum Gasteiger partial charge on any atom is -0.325 e. The highest BCUT2D eigenvalue weighted by Gasteiger charge is 2.22. The quantitative estimate of drug-likeness (QED) is 0.682. The van der Waals surface area contributed by atoms with Crippen LogP contribution in [0.15, 0.2) is 0 Å². The number of hydrogen-bond donors (Lipinski definition) is 0. The highest BCUT2D eigenvalue weighted by Crippen LogP contribution is 2.11.